The van der Waals surface area contributed by atoms with E-state index in [0.29, 0.717) is 23.8 Å². The Bertz CT molecular complexity index is 1070. The minimum atomic E-state index is -0.336. The molecule has 31 heavy (non-hydrogen) atoms. The molecule has 3 aromatic rings. The average molecular weight is 439 g/mol. The number of anilines is 1. The number of amides is 1. The van der Waals surface area contributed by atoms with Crippen molar-refractivity contribution >= 4 is 29.6 Å². The van der Waals surface area contributed by atoms with Crippen LogP contribution in [0.2, 0.25) is 0 Å². The van der Waals surface area contributed by atoms with Crippen LogP contribution in [0.1, 0.15) is 11.4 Å². The van der Waals surface area contributed by atoms with E-state index < -0.39 is 0 Å². The van der Waals surface area contributed by atoms with Gasteiger partial charge in [-0.2, -0.15) is 5.10 Å². The zero-order valence-electron chi connectivity index (χ0n) is 16.6. The van der Waals surface area contributed by atoms with Crippen molar-refractivity contribution in [3.8, 4) is 11.5 Å². The van der Waals surface area contributed by atoms with E-state index in [1.165, 1.54) is 36.2 Å². The van der Waals surface area contributed by atoms with Crippen molar-refractivity contribution < 1.29 is 15.0 Å². The predicted molar refractivity (Wildman–Crippen MR) is 120 cm³/mol. The number of phenols is 2. The summed E-state index contributed by atoms with van der Waals surface area (Å²) in [5, 5.41) is 35.1. The Kier molecular flexibility index (Phi) is 7.66. The minimum absolute atomic E-state index is 0.0583. The number of aromatic hydroxyl groups is 2. The lowest BCUT2D eigenvalue weighted by Gasteiger charge is -2.09. The molecule has 1 heterocycles. The highest BCUT2D eigenvalue weighted by atomic mass is 32.2. The second-order valence-electron chi connectivity index (χ2n) is 6.34. The maximum absolute atomic E-state index is 12.1. The van der Waals surface area contributed by atoms with Crippen LogP contribution < -0.4 is 10.7 Å². The number of phenolic OH excluding ortho intramolecular Hbond substituents is 2. The van der Waals surface area contributed by atoms with Crippen LogP contribution in [0.5, 0.6) is 11.5 Å². The third-order valence-corrected chi connectivity index (χ3v) is 5.04. The molecule has 0 unspecified atom stereocenters. The highest BCUT2D eigenvalue weighted by Gasteiger charge is 2.13. The van der Waals surface area contributed by atoms with Crippen molar-refractivity contribution in [2.45, 2.75) is 18.2 Å². The average Bonchev–Trinajstić information content (AvgIpc) is 3.15. The summed E-state index contributed by atoms with van der Waals surface area (Å²) in [4.78, 5) is 12.1. The lowest BCUT2D eigenvalue weighted by Crippen LogP contribution is -2.20. The number of nitrogens with one attached hydrogen (secondary N) is 2. The van der Waals surface area contributed by atoms with Gasteiger partial charge in [0.25, 0.3) is 5.91 Å². The van der Waals surface area contributed by atoms with Crippen LogP contribution in [0.15, 0.2) is 71.4 Å². The summed E-state index contributed by atoms with van der Waals surface area (Å²) in [6, 6.07) is 13.9. The Morgan fingerprint density at radius 3 is 2.74 bits per heavy atom. The van der Waals surface area contributed by atoms with Gasteiger partial charge >= 0.3 is 0 Å². The van der Waals surface area contributed by atoms with Crippen LogP contribution in [0, 0.1) is 0 Å². The predicted octanol–water partition coefficient (Wildman–Crippen LogP) is 2.73. The van der Waals surface area contributed by atoms with E-state index in [0.717, 1.165) is 11.5 Å². The third-order valence-electron chi connectivity index (χ3n) is 4.07. The molecule has 160 valence electrons. The number of rotatable bonds is 10. The molecule has 0 bridgehead atoms. The second-order valence-corrected chi connectivity index (χ2v) is 7.29. The maximum atomic E-state index is 12.1. The minimum Gasteiger partial charge on any atom is -0.508 e. The summed E-state index contributed by atoms with van der Waals surface area (Å²) < 4.78 is 1.89. The van der Waals surface area contributed by atoms with Gasteiger partial charge in [-0.05, 0) is 24.3 Å². The summed E-state index contributed by atoms with van der Waals surface area (Å²) in [5.41, 5.74) is 3.74. The molecule has 2 aromatic carbocycles. The van der Waals surface area contributed by atoms with Crippen molar-refractivity contribution in [2.75, 3.05) is 11.1 Å². The number of aromatic nitrogens is 3. The van der Waals surface area contributed by atoms with Crippen LogP contribution in [0.4, 0.5) is 5.69 Å². The smallest absolute Gasteiger partial charge is 0.250 e. The molecular weight excluding hydrogens is 416 g/mol. The molecule has 0 saturated heterocycles. The Hall–Kier alpha value is -3.79. The van der Waals surface area contributed by atoms with Crippen molar-refractivity contribution in [2.24, 2.45) is 5.10 Å². The number of nitrogens with zero attached hydrogens (tertiary/aromatic N) is 4. The number of benzene rings is 2. The summed E-state index contributed by atoms with van der Waals surface area (Å²) in [6.45, 7) is 4.77. The molecule has 1 amide bonds. The van der Waals surface area contributed by atoms with Crippen molar-refractivity contribution in [3.63, 3.8) is 0 Å². The molecule has 9 nitrogen and oxygen atoms in total. The first kappa shape index (κ1) is 21.9. The molecule has 0 aliphatic rings. The maximum Gasteiger partial charge on any atom is 0.250 e. The van der Waals surface area contributed by atoms with Gasteiger partial charge in [0.1, 0.15) is 11.5 Å². The van der Waals surface area contributed by atoms with Gasteiger partial charge in [0.05, 0.1) is 18.5 Å². The van der Waals surface area contributed by atoms with Crippen LogP contribution in [0.3, 0.4) is 0 Å². The van der Waals surface area contributed by atoms with Gasteiger partial charge in [0.15, 0.2) is 11.0 Å². The molecule has 0 atom stereocenters. The van der Waals surface area contributed by atoms with Gasteiger partial charge in [0.2, 0.25) is 0 Å². The topological polar surface area (TPSA) is 125 Å². The van der Waals surface area contributed by atoms with Crippen LogP contribution in [-0.4, -0.2) is 42.9 Å². The quantitative estimate of drug-likeness (QED) is 0.166. The number of para-hydroxylation sites is 1. The number of hydrogen-bond acceptors (Lipinski definition) is 8. The molecule has 4 N–H and O–H groups in total. The van der Waals surface area contributed by atoms with Gasteiger partial charge in [-0.25, -0.2) is 5.43 Å². The molecule has 0 saturated carbocycles. The fraction of sp³-hybridized carbons (Fsp3) is 0.143. The summed E-state index contributed by atoms with van der Waals surface area (Å²) >= 11 is 1.23. The molecule has 1 aromatic heterocycles. The lowest BCUT2D eigenvalue weighted by molar-refractivity contribution is -0.118. The van der Waals surface area contributed by atoms with E-state index in [4.69, 9.17) is 0 Å². The highest BCUT2D eigenvalue weighted by molar-refractivity contribution is 7.99. The van der Waals surface area contributed by atoms with E-state index in [1.54, 1.807) is 6.08 Å². The van der Waals surface area contributed by atoms with E-state index >= 15 is 0 Å². The summed E-state index contributed by atoms with van der Waals surface area (Å²) in [7, 11) is 0. The number of allylic oxidation sites excluding steroid dienone is 1. The van der Waals surface area contributed by atoms with Gasteiger partial charge in [-0.3, -0.25) is 4.79 Å². The SMILES string of the molecule is C=CCn1c(CNc2ccccc2)nnc1SCC(=O)N/N=C\c1ccc(O)cc1O. The monoisotopic (exact) mass is 438 g/mol. The Morgan fingerprint density at radius 2 is 2.00 bits per heavy atom. The molecule has 0 spiro atoms. The first-order valence-electron chi connectivity index (χ1n) is 9.35. The van der Waals surface area contributed by atoms with Crippen LogP contribution in [0.25, 0.3) is 0 Å². The van der Waals surface area contributed by atoms with Gasteiger partial charge in [0, 0.05) is 23.9 Å². The molecule has 3 rings (SSSR count). The van der Waals surface area contributed by atoms with Gasteiger partial charge in [-0.1, -0.05) is 36.0 Å². The second kappa shape index (κ2) is 10.8. The Morgan fingerprint density at radius 1 is 1.19 bits per heavy atom. The van der Waals surface area contributed by atoms with E-state index in [9.17, 15) is 15.0 Å². The molecule has 0 fully saturated rings. The van der Waals surface area contributed by atoms with Gasteiger partial charge in [-0.15, -0.1) is 16.8 Å². The van der Waals surface area contributed by atoms with Gasteiger partial charge < -0.3 is 20.1 Å². The number of carbonyl (C=O) groups excluding carboxylic acids is 1. The van der Waals surface area contributed by atoms with Crippen LogP contribution >= 0.6 is 11.8 Å². The molecular formula is C21H22N6O3S. The standard InChI is InChI=1S/C21H22N6O3S/c1-2-10-27-19(13-22-16-6-4-3-5-7-16)24-26-21(27)31-14-20(30)25-23-12-15-8-9-17(28)11-18(15)29/h2-9,11-12,22,28-29H,1,10,13-14H2,(H,25,30)/b23-12-. The molecule has 10 heteroatoms. The fourth-order valence-corrected chi connectivity index (χ4v) is 3.34. The summed E-state index contributed by atoms with van der Waals surface area (Å²) in [6.07, 6.45) is 3.04. The highest BCUT2D eigenvalue weighted by Crippen LogP contribution is 2.21. The normalized spacial score (nSPS) is 10.8. The number of hydrogen-bond donors (Lipinski definition) is 4. The first-order valence-corrected chi connectivity index (χ1v) is 10.3. The zero-order valence-corrected chi connectivity index (χ0v) is 17.4. The Labute approximate surface area is 183 Å². The largest absolute Gasteiger partial charge is 0.508 e. The fourth-order valence-electron chi connectivity index (χ4n) is 2.58. The van der Waals surface area contributed by atoms with E-state index in [-0.39, 0.29) is 23.2 Å². The van der Waals surface area contributed by atoms with Crippen LogP contribution in [-0.2, 0) is 17.9 Å². The van der Waals surface area contributed by atoms with E-state index in [2.05, 4.69) is 32.6 Å². The number of thioether (sulfide) groups is 1. The number of carbonyl (C=O) groups is 1. The van der Waals surface area contributed by atoms with E-state index in [1.807, 2.05) is 34.9 Å². The molecule has 0 radical (unpaired) electrons. The molecule has 0 aliphatic heterocycles. The first-order chi connectivity index (χ1) is 15.1. The molecule has 0 aliphatic carbocycles. The Balaban J connectivity index is 1.55. The number of hydrazone groups is 1. The van der Waals surface area contributed by atoms with Crippen molar-refractivity contribution in [1.29, 1.82) is 0 Å². The lowest BCUT2D eigenvalue weighted by atomic mass is 10.2. The summed E-state index contributed by atoms with van der Waals surface area (Å²) in [5.74, 6) is 0.281. The zero-order chi connectivity index (χ0) is 22.1. The van der Waals surface area contributed by atoms with Crippen molar-refractivity contribution in [3.05, 3.63) is 72.6 Å². The third kappa shape index (κ3) is 6.34. The van der Waals surface area contributed by atoms with Crippen molar-refractivity contribution in [1.82, 2.24) is 20.2 Å².